The van der Waals surface area contributed by atoms with Crippen molar-refractivity contribution in [3.8, 4) is 0 Å². The molecule has 2 heterocycles. The van der Waals surface area contributed by atoms with Crippen molar-refractivity contribution in [1.82, 2.24) is 4.98 Å². The second kappa shape index (κ2) is 5.86. The Hall–Kier alpha value is -1.29. The monoisotopic (exact) mass is 417 g/mol. The number of carbonyl (C=O) groups is 1. The van der Waals surface area contributed by atoms with Crippen molar-refractivity contribution in [2.45, 2.75) is 6.54 Å². The predicted molar refractivity (Wildman–Crippen MR) is 57.8 cm³/mol. The quantitative estimate of drug-likeness (QED) is 0.540. The Morgan fingerprint density at radius 1 is 1.35 bits per heavy atom. The summed E-state index contributed by atoms with van der Waals surface area (Å²) >= 11 is -1.36. The summed E-state index contributed by atoms with van der Waals surface area (Å²) in [6, 6.07) is 8.04. The van der Waals surface area contributed by atoms with E-state index in [1.165, 1.54) is 6.14 Å². The van der Waals surface area contributed by atoms with Gasteiger partial charge in [0.15, 0.2) is 0 Å². The zero-order valence-corrected chi connectivity index (χ0v) is 14.8. The van der Waals surface area contributed by atoms with E-state index >= 15 is 0 Å². The van der Waals surface area contributed by atoms with Crippen LogP contribution in [0.4, 0.5) is 0 Å². The van der Waals surface area contributed by atoms with Gasteiger partial charge in [0.2, 0.25) is 0 Å². The topological polar surface area (TPSA) is 54.1 Å². The number of carboxylic acids is 1. The molecular formula is C12H11HgN2O2+. The van der Waals surface area contributed by atoms with Crippen molar-refractivity contribution >= 4 is 12.1 Å². The van der Waals surface area contributed by atoms with Crippen LogP contribution in [-0.4, -0.2) is 16.1 Å². The molecule has 0 saturated heterocycles. The Kier molecular flexibility index (Phi) is 4.20. The summed E-state index contributed by atoms with van der Waals surface area (Å²) in [4.78, 5) is 14.7. The first-order chi connectivity index (χ1) is 8.24. The van der Waals surface area contributed by atoms with Gasteiger partial charge in [-0.3, -0.25) is 0 Å². The van der Waals surface area contributed by atoms with Crippen LogP contribution in [0, 0.1) is 0 Å². The van der Waals surface area contributed by atoms with Gasteiger partial charge in [0.25, 0.3) is 0 Å². The second-order valence-electron chi connectivity index (χ2n) is 3.82. The summed E-state index contributed by atoms with van der Waals surface area (Å²) in [6.07, 6.45) is 7.42. The van der Waals surface area contributed by atoms with E-state index in [0.717, 1.165) is 0 Å². The SMILES string of the molecule is O=C(O)C[n+]1ccc[c]([Hg][c]2cccnc2)c1. The molecule has 2 aromatic heterocycles. The number of aromatic nitrogens is 2. The van der Waals surface area contributed by atoms with Crippen molar-refractivity contribution in [1.29, 1.82) is 0 Å². The molecule has 0 unspecified atom stereocenters. The molecule has 0 aliphatic rings. The van der Waals surface area contributed by atoms with Crippen LogP contribution in [0.2, 0.25) is 0 Å². The Bertz CT molecular complexity index is 517. The average molecular weight is 416 g/mol. The molecule has 0 atom stereocenters. The third-order valence-electron chi connectivity index (χ3n) is 2.37. The maximum atomic E-state index is 10.6. The number of hydrogen-bond acceptors (Lipinski definition) is 2. The Morgan fingerprint density at radius 2 is 2.18 bits per heavy atom. The molecule has 5 heteroatoms. The second-order valence-corrected chi connectivity index (χ2v) is 11.5. The van der Waals surface area contributed by atoms with Gasteiger partial charge < -0.3 is 0 Å². The molecular weight excluding hydrogens is 405 g/mol. The molecule has 4 nitrogen and oxygen atoms in total. The molecule has 17 heavy (non-hydrogen) atoms. The van der Waals surface area contributed by atoms with E-state index in [1.807, 2.05) is 24.5 Å². The number of pyridine rings is 2. The maximum absolute atomic E-state index is 10.6. The summed E-state index contributed by atoms with van der Waals surface area (Å²) in [6.45, 7) is 0.0225. The summed E-state index contributed by atoms with van der Waals surface area (Å²) in [5.74, 6) is -0.815. The van der Waals surface area contributed by atoms with Crippen LogP contribution in [0.25, 0.3) is 0 Å². The molecule has 0 saturated carbocycles. The van der Waals surface area contributed by atoms with Gasteiger partial charge in [0.05, 0.1) is 0 Å². The molecule has 2 rings (SSSR count). The Morgan fingerprint density at radius 3 is 2.88 bits per heavy atom. The van der Waals surface area contributed by atoms with Crippen LogP contribution in [0.1, 0.15) is 0 Å². The minimum absolute atomic E-state index is 0.0225. The fourth-order valence-electron chi connectivity index (χ4n) is 1.67. The Labute approximate surface area is 111 Å². The van der Waals surface area contributed by atoms with Crippen LogP contribution in [0.5, 0.6) is 0 Å². The van der Waals surface area contributed by atoms with Crippen LogP contribution in [0.15, 0.2) is 49.1 Å². The number of hydrogen-bond donors (Lipinski definition) is 1. The fraction of sp³-hybridized carbons (Fsp3) is 0.0833. The zero-order valence-electron chi connectivity index (χ0n) is 9.28. The molecule has 0 bridgehead atoms. The van der Waals surface area contributed by atoms with E-state index < -0.39 is 30.5 Å². The molecule has 0 spiro atoms. The van der Waals surface area contributed by atoms with Crippen molar-refractivity contribution < 1.29 is 39.0 Å². The van der Waals surface area contributed by atoms with Gasteiger partial charge in [-0.15, -0.1) is 0 Å². The molecule has 1 N–H and O–H groups in total. The molecule has 0 radical (unpaired) electrons. The van der Waals surface area contributed by atoms with Crippen molar-refractivity contribution in [2.75, 3.05) is 0 Å². The molecule has 0 fully saturated rings. The number of nitrogens with zero attached hydrogens (tertiary/aromatic N) is 2. The van der Waals surface area contributed by atoms with Crippen LogP contribution >= 0.6 is 0 Å². The third-order valence-corrected chi connectivity index (χ3v) is 8.79. The van der Waals surface area contributed by atoms with E-state index in [-0.39, 0.29) is 6.54 Å². The van der Waals surface area contributed by atoms with Gasteiger partial charge in [-0.1, -0.05) is 0 Å². The zero-order chi connectivity index (χ0) is 12.1. The van der Waals surface area contributed by atoms with Gasteiger partial charge in [0, 0.05) is 0 Å². The first-order valence-electron chi connectivity index (χ1n) is 5.33. The van der Waals surface area contributed by atoms with E-state index in [1.54, 1.807) is 17.0 Å². The first-order valence-corrected chi connectivity index (χ1v) is 10.8. The van der Waals surface area contributed by atoms with Gasteiger partial charge in [-0.2, -0.15) is 0 Å². The van der Waals surface area contributed by atoms with Gasteiger partial charge >= 0.3 is 112 Å². The van der Waals surface area contributed by atoms with E-state index in [9.17, 15) is 4.79 Å². The normalized spacial score (nSPS) is 9.65. The van der Waals surface area contributed by atoms with Crippen LogP contribution < -0.4 is 10.7 Å². The Balaban J connectivity index is 2.14. The van der Waals surface area contributed by atoms with Crippen molar-refractivity contribution in [3.63, 3.8) is 0 Å². The summed E-state index contributed by atoms with van der Waals surface area (Å²) < 4.78 is 4.34. The minimum atomic E-state index is -1.36. The molecule has 2 aromatic rings. The third kappa shape index (κ3) is 3.89. The molecule has 0 amide bonds. The number of aliphatic carboxylic acids is 1. The number of rotatable bonds is 4. The molecule has 0 aliphatic carbocycles. The van der Waals surface area contributed by atoms with Crippen molar-refractivity contribution in [2.24, 2.45) is 0 Å². The molecule has 82 valence electrons. The first kappa shape index (κ1) is 12.2. The fourth-order valence-corrected chi connectivity index (χ4v) is 7.51. The predicted octanol–water partition coefficient (Wildman–Crippen LogP) is -0.513. The van der Waals surface area contributed by atoms with E-state index in [4.69, 9.17) is 5.11 Å². The van der Waals surface area contributed by atoms with E-state index in [0.29, 0.717) is 0 Å². The summed E-state index contributed by atoms with van der Waals surface area (Å²) in [5.41, 5.74) is 0. The van der Waals surface area contributed by atoms with E-state index in [2.05, 4.69) is 17.1 Å². The van der Waals surface area contributed by atoms with Crippen molar-refractivity contribution in [3.05, 3.63) is 49.1 Å². The number of carboxylic acid groups (broad SMARTS) is 1. The van der Waals surface area contributed by atoms with Crippen LogP contribution in [0.3, 0.4) is 0 Å². The van der Waals surface area contributed by atoms with Crippen LogP contribution in [-0.2, 0) is 35.9 Å². The standard InChI is InChI=1S/C7H6NO2.C5H4N.Hg/c9-7(10)6-8-4-2-1-3-5-8;1-2-4-6-5-3-1;/h1-2,4-5H,6H2;1-2,4-5H;/p+1. The molecule has 0 aliphatic heterocycles. The van der Waals surface area contributed by atoms with Gasteiger partial charge in [-0.25, -0.2) is 0 Å². The van der Waals surface area contributed by atoms with Gasteiger partial charge in [-0.05, 0) is 0 Å². The molecule has 0 aromatic carbocycles. The summed E-state index contributed by atoms with van der Waals surface area (Å²) in [7, 11) is 0. The average Bonchev–Trinajstić information content (AvgIpc) is 2.30. The summed E-state index contributed by atoms with van der Waals surface area (Å²) in [5, 5.41) is 8.73. The van der Waals surface area contributed by atoms with Gasteiger partial charge in [0.1, 0.15) is 0 Å².